The van der Waals surface area contributed by atoms with Gasteiger partial charge in [-0.05, 0) is 48.4 Å². The quantitative estimate of drug-likeness (QED) is 0.714. The average molecular weight is 361 g/mol. The van der Waals surface area contributed by atoms with Crippen LogP contribution in [0.2, 0.25) is 0 Å². The zero-order chi connectivity index (χ0) is 18.1. The van der Waals surface area contributed by atoms with E-state index < -0.39 is 0 Å². The lowest BCUT2D eigenvalue weighted by Crippen LogP contribution is -2.14. The van der Waals surface area contributed by atoms with Crippen LogP contribution in [-0.2, 0) is 15.3 Å². The number of esters is 1. The molecule has 2 rings (SSSR count). The van der Waals surface area contributed by atoms with Crippen LogP contribution in [0, 0.1) is 5.82 Å². The lowest BCUT2D eigenvalue weighted by Gasteiger charge is -2.07. The van der Waals surface area contributed by atoms with Crippen molar-refractivity contribution in [1.29, 1.82) is 0 Å². The number of hydrogen-bond donors (Lipinski definition) is 1. The molecule has 0 aliphatic carbocycles. The van der Waals surface area contributed by atoms with Gasteiger partial charge in [0.1, 0.15) is 5.82 Å². The number of ether oxygens (including phenoxy) is 1. The molecule has 2 aromatic rings. The Hall–Kier alpha value is -2.34. The number of thioether (sulfide) groups is 1. The van der Waals surface area contributed by atoms with Crippen LogP contribution in [0.5, 0.6) is 0 Å². The number of anilines is 1. The molecule has 0 radical (unpaired) electrons. The predicted octanol–water partition coefficient (Wildman–Crippen LogP) is 4.26. The summed E-state index contributed by atoms with van der Waals surface area (Å²) >= 11 is 1.45. The molecule has 0 fully saturated rings. The Morgan fingerprint density at radius 3 is 2.40 bits per heavy atom. The summed E-state index contributed by atoms with van der Waals surface area (Å²) in [6.45, 7) is 2.32. The largest absolute Gasteiger partial charge is 0.462 e. The van der Waals surface area contributed by atoms with Crippen LogP contribution in [0.15, 0.2) is 48.5 Å². The number of rotatable bonds is 8. The third-order valence-corrected chi connectivity index (χ3v) is 4.26. The van der Waals surface area contributed by atoms with Gasteiger partial charge in [0.05, 0.1) is 17.9 Å². The fraction of sp³-hybridized carbons (Fsp3) is 0.263. The summed E-state index contributed by atoms with van der Waals surface area (Å²) in [5.74, 6) is 0.157. The number of carbonyl (C=O) groups is 2. The van der Waals surface area contributed by atoms with Crippen molar-refractivity contribution in [1.82, 2.24) is 0 Å². The minimum absolute atomic E-state index is 0.131. The lowest BCUT2D eigenvalue weighted by molar-refractivity contribution is -0.113. The first-order valence-corrected chi connectivity index (χ1v) is 9.13. The fourth-order valence-corrected chi connectivity index (χ4v) is 2.79. The van der Waals surface area contributed by atoms with Gasteiger partial charge in [0, 0.05) is 11.4 Å². The molecule has 25 heavy (non-hydrogen) atoms. The van der Waals surface area contributed by atoms with E-state index in [4.69, 9.17) is 4.74 Å². The molecule has 0 saturated heterocycles. The molecular formula is C19H20FNO3S. The number of amides is 1. The van der Waals surface area contributed by atoms with E-state index in [1.54, 1.807) is 36.4 Å². The minimum Gasteiger partial charge on any atom is -0.462 e. The van der Waals surface area contributed by atoms with Crippen molar-refractivity contribution in [2.24, 2.45) is 0 Å². The number of carbonyl (C=O) groups excluding carboxylic acids is 2. The number of benzene rings is 2. The first-order valence-electron chi connectivity index (χ1n) is 7.97. The van der Waals surface area contributed by atoms with Gasteiger partial charge in [-0.1, -0.05) is 19.1 Å². The van der Waals surface area contributed by atoms with Gasteiger partial charge >= 0.3 is 5.97 Å². The van der Waals surface area contributed by atoms with Crippen molar-refractivity contribution >= 4 is 29.3 Å². The molecule has 4 nitrogen and oxygen atoms in total. The van der Waals surface area contributed by atoms with Gasteiger partial charge in [0.2, 0.25) is 5.91 Å². The summed E-state index contributed by atoms with van der Waals surface area (Å²) < 4.78 is 17.9. The van der Waals surface area contributed by atoms with Crippen molar-refractivity contribution in [3.05, 3.63) is 65.5 Å². The van der Waals surface area contributed by atoms with Gasteiger partial charge in [0.25, 0.3) is 0 Å². The van der Waals surface area contributed by atoms with E-state index >= 15 is 0 Å². The van der Waals surface area contributed by atoms with E-state index in [1.807, 2.05) is 6.92 Å². The van der Waals surface area contributed by atoms with Crippen LogP contribution < -0.4 is 5.32 Å². The Morgan fingerprint density at radius 1 is 1.08 bits per heavy atom. The van der Waals surface area contributed by atoms with E-state index in [1.165, 1.54) is 23.9 Å². The van der Waals surface area contributed by atoms with E-state index in [0.29, 0.717) is 23.6 Å². The van der Waals surface area contributed by atoms with Gasteiger partial charge in [-0.2, -0.15) is 0 Å². The highest BCUT2D eigenvalue weighted by Crippen LogP contribution is 2.15. The molecule has 0 unspecified atom stereocenters. The molecule has 0 atom stereocenters. The first-order chi connectivity index (χ1) is 12.1. The summed E-state index contributed by atoms with van der Waals surface area (Å²) in [6.07, 6.45) is 0.773. The van der Waals surface area contributed by atoms with Crippen molar-refractivity contribution in [2.45, 2.75) is 19.1 Å². The molecule has 1 N–H and O–H groups in total. The first kappa shape index (κ1) is 19.0. The molecule has 2 aromatic carbocycles. The molecule has 0 spiro atoms. The maximum absolute atomic E-state index is 12.8. The SMILES string of the molecule is CCCOC(=O)c1ccc(NC(=O)CSCc2ccc(F)cc2)cc1. The monoisotopic (exact) mass is 361 g/mol. The molecule has 0 aliphatic rings. The van der Waals surface area contributed by atoms with E-state index in [9.17, 15) is 14.0 Å². The Balaban J connectivity index is 1.76. The van der Waals surface area contributed by atoms with Gasteiger partial charge < -0.3 is 10.1 Å². The van der Waals surface area contributed by atoms with Crippen LogP contribution in [-0.4, -0.2) is 24.2 Å². The smallest absolute Gasteiger partial charge is 0.338 e. The second-order valence-electron chi connectivity index (χ2n) is 5.38. The number of halogens is 1. The maximum atomic E-state index is 12.8. The Bertz CT molecular complexity index is 702. The number of hydrogen-bond acceptors (Lipinski definition) is 4. The molecule has 0 bridgehead atoms. The second kappa shape index (κ2) is 9.84. The third-order valence-electron chi connectivity index (χ3n) is 3.26. The van der Waals surface area contributed by atoms with Crippen molar-refractivity contribution in [3.63, 3.8) is 0 Å². The lowest BCUT2D eigenvalue weighted by atomic mass is 10.2. The summed E-state index contributed by atoms with van der Waals surface area (Å²) in [6, 6.07) is 12.8. The fourth-order valence-electron chi connectivity index (χ4n) is 2.01. The van der Waals surface area contributed by atoms with E-state index in [2.05, 4.69) is 5.32 Å². The Morgan fingerprint density at radius 2 is 1.76 bits per heavy atom. The summed E-state index contributed by atoms with van der Waals surface area (Å²) in [4.78, 5) is 23.6. The van der Waals surface area contributed by atoms with Gasteiger partial charge in [0.15, 0.2) is 0 Å². The van der Waals surface area contributed by atoms with Crippen molar-refractivity contribution in [3.8, 4) is 0 Å². The zero-order valence-electron chi connectivity index (χ0n) is 14.0. The third kappa shape index (κ3) is 6.58. The molecule has 132 valence electrons. The average Bonchev–Trinajstić information content (AvgIpc) is 2.62. The van der Waals surface area contributed by atoms with Gasteiger partial charge in [-0.3, -0.25) is 4.79 Å². The normalized spacial score (nSPS) is 10.3. The van der Waals surface area contributed by atoms with Crippen molar-refractivity contribution in [2.75, 3.05) is 17.7 Å². The van der Waals surface area contributed by atoms with Crippen LogP contribution in [0.3, 0.4) is 0 Å². The highest BCUT2D eigenvalue weighted by atomic mass is 32.2. The molecule has 0 aromatic heterocycles. The highest BCUT2D eigenvalue weighted by molar-refractivity contribution is 7.99. The molecule has 6 heteroatoms. The topological polar surface area (TPSA) is 55.4 Å². The molecular weight excluding hydrogens is 341 g/mol. The standard InChI is InChI=1S/C19H20FNO3S/c1-2-11-24-19(23)15-5-9-17(10-6-15)21-18(22)13-25-12-14-3-7-16(20)8-4-14/h3-10H,2,11-13H2,1H3,(H,21,22). The molecule has 0 aliphatic heterocycles. The number of nitrogens with one attached hydrogen (secondary N) is 1. The van der Waals surface area contributed by atoms with Crippen LogP contribution in [0.1, 0.15) is 29.3 Å². The van der Waals surface area contributed by atoms with E-state index in [0.717, 1.165) is 12.0 Å². The van der Waals surface area contributed by atoms with Crippen molar-refractivity contribution < 1.29 is 18.7 Å². The highest BCUT2D eigenvalue weighted by Gasteiger charge is 2.08. The maximum Gasteiger partial charge on any atom is 0.338 e. The Labute approximate surface area is 150 Å². The summed E-state index contributed by atoms with van der Waals surface area (Å²) in [5, 5.41) is 2.77. The van der Waals surface area contributed by atoms with E-state index in [-0.39, 0.29) is 23.4 Å². The Kier molecular flexibility index (Phi) is 7.47. The minimum atomic E-state index is -0.366. The van der Waals surface area contributed by atoms with Gasteiger partial charge in [-0.15, -0.1) is 11.8 Å². The summed E-state index contributed by atoms with van der Waals surface area (Å²) in [5.41, 5.74) is 2.05. The van der Waals surface area contributed by atoms with Crippen LogP contribution >= 0.6 is 11.8 Å². The second-order valence-corrected chi connectivity index (χ2v) is 6.37. The molecule has 0 heterocycles. The van der Waals surface area contributed by atoms with Crippen LogP contribution in [0.25, 0.3) is 0 Å². The predicted molar refractivity (Wildman–Crippen MR) is 98.2 cm³/mol. The molecule has 1 amide bonds. The zero-order valence-corrected chi connectivity index (χ0v) is 14.8. The summed E-state index contributed by atoms with van der Waals surface area (Å²) in [7, 11) is 0. The van der Waals surface area contributed by atoms with Crippen LogP contribution in [0.4, 0.5) is 10.1 Å². The molecule has 0 saturated carbocycles. The van der Waals surface area contributed by atoms with Gasteiger partial charge in [-0.25, -0.2) is 9.18 Å².